The second-order valence-electron chi connectivity index (χ2n) is 4.44. The summed E-state index contributed by atoms with van der Waals surface area (Å²) in [6.45, 7) is 2.94. The average molecular weight is 266 g/mol. The molecule has 4 heteroatoms. The summed E-state index contributed by atoms with van der Waals surface area (Å²) in [6.07, 6.45) is 9.09. The summed E-state index contributed by atoms with van der Waals surface area (Å²) in [5, 5.41) is 2.91. The van der Waals surface area contributed by atoms with Gasteiger partial charge in [-0.3, -0.25) is 4.79 Å². The highest BCUT2D eigenvalue weighted by atomic mass is 32.1. The van der Waals surface area contributed by atoms with Crippen LogP contribution in [0.25, 0.3) is 0 Å². The number of pyridine rings is 1. The molecule has 0 spiro atoms. The van der Waals surface area contributed by atoms with Gasteiger partial charge < -0.3 is 10.3 Å². The molecule has 3 nitrogen and oxygen atoms in total. The Balaban J connectivity index is 2.18. The summed E-state index contributed by atoms with van der Waals surface area (Å²) in [7, 11) is 0. The topological polar surface area (TPSA) is 44.9 Å². The molecule has 0 fully saturated rings. The molecule has 18 heavy (non-hydrogen) atoms. The Morgan fingerprint density at radius 2 is 2.00 bits per heavy atom. The second kappa shape index (κ2) is 8.86. The van der Waals surface area contributed by atoms with Crippen LogP contribution >= 0.6 is 12.2 Å². The first-order valence-corrected chi connectivity index (χ1v) is 7.12. The Kier molecular flexibility index (Phi) is 7.34. The number of H-pyrrole nitrogens is 1. The summed E-state index contributed by atoms with van der Waals surface area (Å²) in [4.78, 5) is 14.7. The highest BCUT2D eigenvalue weighted by Gasteiger charge is 2.05. The first-order chi connectivity index (χ1) is 8.75. The molecule has 0 unspecified atom stereocenters. The van der Waals surface area contributed by atoms with Crippen molar-refractivity contribution >= 4 is 18.1 Å². The fourth-order valence-corrected chi connectivity index (χ4v) is 2.03. The lowest BCUT2D eigenvalue weighted by Crippen LogP contribution is -2.24. The number of aromatic nitrogens is 1. The number of amides is 1. The monoisotopic (exact) mass is 266 g/mol. The van der Waals surface area contributed by atoms with Crippen molar-refractivity contribution in [3.8, 4) is 0 Å². The fourth-order valence-electron chi connectivity index (χ4n) is 1.80. The minimum Gasteiger partial charge on any atom is -0.352 e. The predicted octanol–water partition coefficient (Wildman–Crippen LogP) is 3.83. The third-order valence-electron chi connectivity index (χ3n) is 2.88. The van der Waals surface area contributed by atoms with Crippen molar-refractivity contribution in [2.24, 2.45) is 0 Å². The Hall–Kier alpha value is -1.16. The predicted molar refractivity (Wildman–Crippen MR) is 77.3 cm³/mol. The van der Waals surface area contributed by atoms with E-state index >= 15 is 0 Å². The summed E-state index contributed by atoms with van der Waals surface area (Å²) in [5.41, 5.74) is 0.554. The molecule has 1 amide bonds. The number of carbonyl (C=O) groups excluding carboxylic acids is 1. The van der Waals surface area contributed by atoms with Crippen molar-refractivity contribution in [3.63, 3.8) is 0 Å². The van der Waals surface area contributed by atoms with E-state index in [1.54, 1.807) is 18.3 Å². The van der Waals surface area contributed by atoms with Crippen molar-refractivity contribution in [2.75, 3.05) is 6.54 Å². The van der Waals surface area contributed by atoms with Gasteiger partial charge in [0.25, 0.3) is 5.91 Å². The summed E-state index contributed by atoms with van der Waals surface area (Å²) in [5.74, 6) is -0.0783. The van der Waals surface area contributed by atoms with Crippen LogP contribution in [0.2, 0.25) is 0 Å². The minimum absolute atomic E-state index is 0.0783. The molecule has 0 bridgehead atoms. The van der Waals surface area contributed by atoms with Crippen LogP contribution in [0.3, 0.4) is 0 Å². The van der Waals surface area contributed by atoms with Gasteiger partial charge in [0.05, 0.1) is 5.56 Å². The first kappa shape index (κ1) is 14.9. The average Bonchev–Trinajstić information content (AvgIpc) is 2.38. The van der Waals surface area contributed by atoms with Crippen LogP contribution in [0.5, 0.6) is 0 Å². The molecular weight excluding hydrogens is 244 g/mol. The third kappa shape index (κ3) is 5.45. The normalized spacial score (nSPS) is 10.3. The van der Waals surface area contributed by atoms with Gasteiger partial charge in [-0.25, -0.2) is 0 Å². The number of carbonyl (C=O) groups is 1. The molecule has 0 saturated carbocycles. The number of hydrogen-bond donors (Lipinski definition) is 2. The Bertz CT molecular complexity index is 414. The van der Waals surface area contributed by atoms with E-state index in [9.17, 15) is 4.79 Å². The smallest absolute Gasteiger partial charge is 0.254 e. The van der Waals surface area contributed by atoms with Crippen LogP contribution < -0.4 is 5.32 Å². The van der Waals surface area contributed by atoms with E-state index in [4.69, 9.17) is 12.2 Å². The Labute approximate surface area is 114 Å². The van der Waals surface area contributed by atoms with Crippen molar-refractivity contribution in [1.82, 2.24) is 10.3 Å². The van der Waals surface area contributed by atoms with E-state index in [0.29, 0.717) is 10.2 Å². The molecule has 0 aliphatic heterocycles. The zero-order chi connectivity index (χ0) is 13.2. The Morgan fingerprint density at radius 3 is 2.72 bits per heavy atom. The van der Waals surface area contributed by atoms with Gasteiger partial charge >= 0.3 is 0 Å². The minimum atomic E-state index is -0.0783. The summed E-state index contributed by atoms with van der Waals surface area (Å²) in [6, 6.07) is 3.53. The molecular formula is C14H22N2OS. The molecule has 0 aliphatic rings. The van der Waals surface area contributed by atoms with Crippen LogP contribution in [0, 0.1) is 4.64 Å². The number of aromatic amines is 1. The molecule has 1 aromatic heterocycles. The van der Waals surface area contributed by atoms with Crippen LogP contribution in [-0.4, -0.2) is 17.4 Å². The van der Waals surface area contributed by atoms with E-state index in [2.05, 4.69) is 17.2 Å². The SMILES string of the molecule is CCCCCCCCNC(=O)c1ccc[nH]c1=S. The molecule has 100 valence electrons. The number of hydrogen-bond acceptors (Lipinski definition) is 2. The van der Waals surface area contributed by atoms with Gasteiger partial charge in [-0.1, -0.05) is 51.2 Å². The Morgan fingerprint density at radius 1 is 1.28 bits per heavy atom. The third-order valence-corrected chi connectivity index (χ3v) is 3.22. The molecule has 2 N–H and O–H groups in total. The molecule has 0 radical (unpaired) electrons. The fraction of sp³-hybridized carbons (Fsp3) is 0.571. The quantitative estimate of drug-likeness (QED) is 0.555. The van der Waals surface area contributed by atoms with Crippen molar-refractivity contribution < 1.29 is 4.79 Å². The lowest BCUT2D eigenvalue weighted by molar-refractivity contribution is 0.0952. The van der Waals surface area contributed by atoms with Crippen molar-refractivity contribution in [2.45, 2.75) is 45.4 Å². The first-order valence-electron chi connectivity index (χ1n) is 6.71. The second-order valence-corrected chi connectivity index (χ2v) is 4.84. The molecule has 0 aromatic carbocycles. The van der Waals surface area contributed by atoms with E-state index in [1.807, 2.05) is 0 Å². The van der Waals surface area contributed by atoms with Crippen molar-refractivity contribution in [3.05, 3.63) is 28.5 Å². The van der Waals surface area contributed by atoms with Gasteiger partial charge in [0.2, 0.25) is 0 Å². The standard InChI is InChI=1S/C14H22N2OS/c1-2-3-4-5-6-7-10-15-13(17)12-9-8-11-16-14(12)18/h8-9,11H,2-7,10H2,1H3,(H,15,17)(H,16,18). The van der Waals surface area contributed by atoms with Gasteiger partial charge in [0.1, 0.15) is 4.64 Å². The lowest BCUT2D eigenvalue weighted by atomic mass is 10.1. The van der Waals surface area contributed by atoms with Gasteiger partial charge in [-0.05, 0) is 18.6 Å². The lowest BCUT2D eigenvalue weighted by Gasteiger charge is -2.05. The molecule has 0 aliphatic carbocycles. The van der Waals surface area contributed by atoms with E-state index < -0.39 is 0 Å². The van der Waals surface area contributed by atoms with Crippen LogP contribution in [-0.2, 0) is 0 Å². The maximum Gasteiger partial charge on any atom is 0.254 e. The van der Waals surface area contributed by atoms with Crippen LogP contribution in [0.15, 0.2) is 18.3 Å². The summed E-state index contributed by atoms with van der Waals surface area (Å²) >= 11 is 5.06. The van der Waals surface area contributed by atoms with Gasteiger partial charge in [-0.15, -0.1) is 0 Å². The largest absolute Gasteiger partial charge is 0.352 e. The van der Waals surface area contributed by atoms with E-state index in [0.717, 1.165) is 13.0 Å². The number of nitrogens with one attached hydrogen (secondary N) is 2. The zero-order valence-corrected chi connectivity index (χ0v) is 11.8. The molecule has 1 heterocycles. The van der Waals surface area contributed by atoms with Gasteiger partial charge in [0.15, 0.2) is 0 Å². The van der Waals surface area contributed by atoms with E-state index in [1.165, 1.54) is 32.1 Å². The van der Waals surface area contributed by atoms with E-state index in [-0.39, 0.29) is 5.91 Å². The van der Waals surface area contributed by atoms with Crippen LogP contribution in [0.1, 0.15) is 55.8 Å². The maximum absolute atomic E-state index is 11.8. The van der Waals surface area contributed by atoms with Gasteiger partial charge in [0, 0.05) is 12.7 Å². The van der Waals surface area contributed by atoms with Crippen molar-refractivity contribution in [1.29, 1.82) is 0 Å². The molecule has 1 rings (SSSR count). The maximum atomic E-state index is 11.8. The number of rotatable bonds is 8. The molecule has 0 saturated heterocycles. The molecule has 0 atom stereocenters. The summed E-state index contributed by atoms with van der Waals surface area (Å²) < 4.78 is 0.498. The van der Waals surface area contributed by atoms with Crippen LogP contribution in [0.4, 0.5) is 0 Å². The highest BCUT2D eigenvalue weighted by molar-refractivity contribution is 7.71. The number of unbranched alkanes of at least 4 members (excludes halogenated alkanes) is 5. The van der Waals surface area contributed by atoms with Gasteiger partial charge in [-0.2, -0.15) is 0 Å². The zero-order valence-electron chi connectivity index (χ0n) is 11.0. The molecule has 1 aromatic rings. The highest BCUT2D eigenvalue weighted by Crippen LogP contribution is 2.04.